The molecule has 3 heteroatoms. The van der Waals surface area contributed by atoms with Gasteiger partial charge in [0.25, 0.3) is 0 Å². The first-order chi connectivity index (χ1) is 8.43. The zero-order valence-electron chi connectivity index (χ0n) is 10.1. The smallest absolute Gasteiger partial charge is 0.126 e. The van der Waals surface area contributed by atoms with Crippen molar-refractivity contribution < 1.29 is 9.47 Å². The molecule has 0 aliphatic carbocycles. The molecule has 0 bridgehead atoms. The lowest BCUT2D eigenvalue weighted by molar-refractivity contribution is 0.186. The SMILES string of the molecule is c1cc2c(c(OC3CCCNCC3)c1)CCO2. The molecule has 2 aliphatic rings. The molecule has 1 aromatic carbocycles. The predicted molar refractivity (Wildman–Crippen MR) is 66.8 cm³/mol. The number of nitrogens with one attached hydrogen (secondary N) is 1. The Morgan fingerprint density at radius 1 is 1.24 bits per heavy atom. The van der Waals surface area contributed by atoms with Gasteiger partial charge in [-0.3, -0.25) is 0 Å². The van der Waals surface area contributed by atoms with Crippen LogP contribution in [0.5, 0.6) is 11.5 Å². The fraction of sp³-hybridized carbons (Fsp3) is 0.571. The van der Waals surface area contributed by atoms with Crippen molar-refractivity contribution in [1.29, 1.82) is 0 Å². The third kappa shape index (κ3) is 2.39. The van der Waals surface area contributed by atoms with E-state index in [4.69, 9.17) is 9.47 Å². The first-order valence-corrected chi connectivity index (χ1v) is 6.55. The molecule has 1 N–H and O–H groups in total. The van der Waals surface area contributed by atoms with E-state index >= 15 is 0 Å². The van der Waals surface area contributed by atoms with Crippen LogP contribution in [0.4, 0.5) is 0 Å². The topological polar surface area (TPSA) is 30.5 Å². The Labute approximate surface area is 102 Å². The number of benzene rings is 1. The highest BCUT2D eigenvalue weighted by Gasteiger charge is 2.20. The summed E-state index contributed by atoms with van der Waals surface area (Å²) in [6.07, 6.45) is 4.80. The summed E-state index contributed by atoms with van der Waals surface area (Å²) in [6.45, 7) is 2.98. The third-order valence-electron chi connectivity index (χ3n) is 3.52. The van der Waals surface area contributed by atoms with E-state index in [9.17, 15) is 0 Å². The van der Waals surface area contributed by atoms with E-state index in [-0.39, 0.29) is 0 Å². The lowest BCUT2D eigenvalue weighted by atomic mass is 10.1. The molecular weight excluding hydrogens is 214 g/mol. The van der Waals surface area contributed by atoms with Gasteiger partial charge in [-0.05, 0) is 44.5 Å². The maximum atomic E-state index is 6.16. The molecule has 1 saturated heterocycles. The van der Waals surface area contributed by atoms with Crippen LogP contribution in [0.2, 0.25) is 0 Å². The molecular formula is C14H19NO2. The predicted octanol–water partition coefficient (Wildman–Crippen LogP) is 2.14. The second-order valence-corrected chi connectivity index (χ2v) is 4.75. The molecule has 1 fully saturated rings. The first kappa shape index (κ1) is 10.9. The van der Waals surface area contributed by atoms with Gasteiger partial charge < -0.3 is 14.8 Å². The van der Waals surface area contributed by atoms with Crippen molar-refractivity contribution in [1.82, 2.24) is 5.32 Å². The van der Waals surface area contributed by atoms with Crippen molar-refractivity contribution >= 4 is 0 Å². The normalized spacial score (nSPS) is 23.6. The van der Waals surface area contributed by atoms with Gasteiger partial charge in [-0.2, -0.15) is 0 Å². The molecule has 17 heavy (non-hydrogen) atoms. The molecule has 92 valence electrons. The summed E-state index contributed by atoms with van der Waals surface area (Å²) < 4.78 is 11.7. The van der Waals surface area contributed by atoms with Crippen LogP contribution in [0.1, 0.15) is 24.8 Å². The number of fused-ring (bicyclic) bond motifs is 1. The minimum atomic E-state index is 0.358. The first-order valence-electron chi connectivity index (χ1n) is 6.55. The molecule has 0 saturated carbocycles. The lowest BCUT2D eigenvalue weighted by Gasteiger charge is -2.18. The number of ether oxygens (including phenoxy) is 2. The van der Waals surface area contributed by atoms with E-state index in [1.807, 2.05) is 12.1 Å². The summed E-state index contributed by atoms with van der Waals surface area (Å²) in [4.78, 5) is 0. The average molecular weight is 233 g/mol. The van der Waals surface area contributed by atoms with Crippen LogP contribution in [0, 0.1) is 0 Å². The van der Waals surface area contributed by atoms with Gasteiger partial charge in [0.2, 0.25) is 0 Å². The van der Waals surface area contributed by atoms with Gasteiger partial charge in [-0.15, -0.1) is 0 Å². The summed E-state index contributed by atoms with van der Waals surface area (Å²) in [7, 11) is 0. The highest BCUT2D eigenvalue weighted by atomic mass is 16.5. The summed E-state index contributed by atoms with van der Waals surface area (Å²) in [6, 6.07) is 6.13. The Morgan fingerprint density at radius 3 is 3.24 bits per heavy atom. The van der Waals surface area contributed by atoms with Crippen LogP contribution in [0.15, 0.2) is 18.2 Å². The number of hydrogen-bond acceptors (Lipinski definition) is 3. The van der Waals surface area contributed by atoms with E-state index in [1.165, 1.54) is 12.0 Å². The molecule has 2 heterocycles. The van der Waals surface area contributed by atoms with Gasteiger partial charge in [0.15, 0.2) is 0 Å². The van der Waals surface area contributed by atoms with Crippen LogP contribution in [0.3, 0.4) is 0 Å². The van der Waals surface area contributed by atoms with Crippen LogP contribution in [-0.4, -0.2) is 25.8 Å². The molecule has 1 aromatic rings. The summed E-state index contributed by atoms with van der Waals surface area (Å²) in [5.74, 6) is 2.04. The Morgan fingerprint density at radius 2 is 2.24 bits per heavy atom. The van der Waals surface area contributed by atoms with Crippen LogP contribution in [-0.2, 0) is 6.42 Å². The summed E-state index contributed by atoms with van der Waals surface area (Å²) in [5.41, 5.74) is 1.25. The van der Waals surface area contributed by atoms with Crippen LogP contribution >= 0.6 is 0 Å². The molecule has 3 nitrogen and oxygen atoms in total. The van der Waals surface area contributed by atoms with E-state index in [0.717, 1.165) is 50.5 Å². The fourth-order valence-corrected chi connectivity index (χ4v) is 2.59. The van der Waals surface area contributed by atoms with Crippen molar-refractivity contribution in [3.8, 4) is 11.5 Å². The second kappa shape index (κ2) is 4.96. The van der Waals surface area contributed by atoms with E-state index < -0.39 is 0 Å². The zero-order chi connectivity index (χ0) is 11.5. The van der Waals surface area contributed by atoms with Gasteiger partial charge in [0, 0.05) is 12.0 Å². The molecule has 0 radical (unpaired) electrons. The number of rotatable bonds is 2. The minimum Gasteiger partial charge on any atom is -0.493 e. The fourth-order valence-electron chi connectivity index (χ4n) is 2.59. The van der Waals surface area contributed by atoms with Crippen molar-refractivity contribution in [2.75, 3.05) is 19.7 Å². The largest absolute Gasteiger partial charge is 0.493 e. The Bertz CT molecular complexity index is 384. The maximum absolute atomic E-state index is 6.16. The average Bonchev–Trinajstić information content (AvgIpc) is 2.69. The number of hydrogen-bond donors (Lipinski definition) is 1. The third-order valence-corrected chi connectivity index (χ3v) is 3.52. The maximum Gasteiger partial charge on any atom is 0.126 e. The van der Waals surface area contributed by atoms with Gasteiger partial charge >= 0.3 is 0 Å². The highest BCUT2D eigenvalue weighted by molar-refractivity contribution is 5.47. The molecule has 2 aliphatic heterocycles. The quantitative estimate of drug-likeness (QED) is 0.849. The van der Waals surface area contributed by atoms with E-state index in [2.05, 4.69) is 11.4 Å². The van der Waals surface area contributed by atoms with Crippen molar-refractivity contribution in [3.63, 3.8) is 0 Å². The van der Waals surface area contributed by atoms with Crippen LogP contribution in [0.25, 0.3) is 0 Å². The molecule has 1 unspecified atom stereocenters. The zero-order valence-corrected chi connectivity index (χ0v) is 10.1. The Kier molecular flexibility index (Phi) is 3.18. The van der Waals surface area contributed by atoms with Gasteiger partial charge in [0.05, 0.1) is 12.7 Å². The van der Waals surface area contributed by atoms with Crippen molar-refractivity contribution in [2.24, 2.45) is 0 Å². The molecule has 3 rings (SSSR count). The summed E-state index contributed by atoms with van der Waals surface area (Å²) in [5, 5.41) is 3.41. The van der Waals surface area contributed by atoms with E-state index in [1.54, 1.807) is 0 Å². The molecule has 0 amide bonds. The molecule has 0 aromatic heterocycles. The van der Waals surface area contributed by atoms with Gasteiger partial charge in [0.1, 0.15) is 11.5 Å². The highest BCUT2D eigenvalue weighted by Crippen LogP contribution is 2.34. The standard InChI is InChI=1S/C14H19NO2/c1-4-13-12(7-10-16-13)14(5-1)17-11-3-2-8-15-9-6-11/h1,4-5,11,15H,2-3,6-10H2. The van der Waals surface area contributed by atoms with Gasteiger partial charge in [-0.25, -0.2) is 0 Å². The van der Waals surface area contributed by atoms with Crippen LogP contribution < -0.4 is 14.8 Å². The molecule has 0 spiro atoms. The minimum absolute atomic E-state index is 0.358. The van der Waals surface area contributed by atoms with Crippen molar-refractivity contribution in [2.45, 2.75) is 31.8 Å². The van der Waals surface area contributed by atoms with Crippen molar-refractivity contribution in [3.05, 3.63) is 23.8 Å². The van der Waals surface area contributed by atoms with E-state index in [0.29, 0.717) is 6.10 Å². The van der Waals surface area contributed by atoms with Gasteiger partial charge in [-0.1, -0.05) is 6.07 Å². The molecule has 1 atom stereocenters. The Hall–Kier alpha value is -1.22. The lowest BCUT2D eigenvalue weighted by Crippen LogP contribution is -2.19. The monoisotopic (exact) mass is 233 g/mol. The second-order valence-electron chi connectivity index (χ2n) is 4.75. The Balaban J connectivity index is 1.74. The summed E-state index contributed by atoms with van der Waals surface area (Å²) >= 11 is 0.